The van der Waals surface area contributed by atoms with E-state index in [4.69, 9.17) is 0 Å². The van der Waals surface area contributed by atoms with Crippen molar-refractivity contribution in [3.8, 4) is 0 Å². The third kappa shape index (κ3) is 4.29. The van der Waals surface area contributed by atoms with Gasteiger partial charge in [0.2, 0.25) is 5.91 Å². The van der Waals surface area contributed by atoms with Crippen LogP contribution in [-0.2, 0) is 11.3 Å². The van der Waals surface area contributed by atoms with E-state index in [1.807, 2.05) is 18.2 Å². The SMILES string of the molecule is O=C(CCCC1CCCCC1)NCc1nc2ccccc2s1. The quantitative estimate of drug-likeness (QED) is 0.842. The van der Waals surface area contributed by atoms with Gasteiger partial charge in [-0.2, -0.15) is 0 Å². The fourth-order valence-corrected chi connectivity index (χ4v) is 4.19. The van der Waals surface area contributed by atoms with Gasteiger partial charge in [0, 0.05) is 6.42 Å². The van der Waals surface area contributed by atoms with Crippen molar-refractivity contribution in [1.82, 2.24) is 10.3 Å². The summed E-state index contributed by atoms with van der Waals surface area (Å²) in [7, 11) is 0. The lowest BCUT2D eigenvalue weighted by Gasteiger charge is -2.21. The highest BCUT2D eigenvalue weighted by atomic mass is 32.1. The molecule has 2 aromatic rings. The van der Waals surface area contributed by atoms with Crippen LogP contribution in [0, 0.1) is 5.92 Å². The number of benzene rings is 1. The molecule has 1 aliphatic carbocycles. The van der Waals surface area contributed by atoms with E-state index in [1.165, 1.54) is 43.2 Å². The number of carbonyl (C=O) groups excluding carboxylic acids is 1. The molecule has 1 N–H and O–H groups in total. The number of rotatable bonds is 6. The molecule has 0 aliphatic heterocycles. The van der Waals surface area contributed by atoms with Gasteiger partial charge in [0.15, 0.2) is 0 Å². The van der Waals surface area contributed by atoms with Gasteiger partial charge in [0.05, 0.1) is 16.8 Å². The number of hydrogen-bond donors (Lipinski definition) is 1. The number of nitrogens with zero attached hydrogens (tertiary/aromatic N) is 1. The van der Waals surface area contributed by atoms with Gasteiger partial charge in [-0.3, -0.25) is 4.79 Å². The van der Waals surface area contributed by atoms with Crippen molar-refractivity contribution in [2.24, 2.45) is 5.92 Å². The molecule has 1 aromatic carbocycles. The Morgan fingerprint density at radius 2 is 2.05 bits per heavy atom. The van der Waals surface area contributed by atoms with Crippen molar-refractivity contribution in [1.29, 1.82) is 0 Å². The van der Waals surface area contributed by atoms with Gasteiger partial charge in [-0.1, -0.05) is 44.2 Å². The van der Waals surface area contributed by atoms with E-state index in [0.717, 1.165) is 22.9 Å². The van der Waals surface area contributed by atoms with Gasteiger partial charge in [-0.05, 0) is 30.9 Å². The zero-order valence-corrected chi connectivity index (χ0v) is 13.8. The van der Waals surface area contributed by atoms with Gasteiger partial charge in [0.1, 0.15) is 5.01 Å². The van der Waals surface area contributed by atoms with Crippen molar-refractivity contribution in [3.05, 3.63) is 29.3 Å². The van der Waals surface area contributed by atoms with Gasteiger partial charge < -0.3 is 5.32 Å². The lowest BCUT2D eigenvalue weighted by atomic mass is 9.86. The van der Waals surface area contributed by atoms with Gasteiger partial charge in [-0.15, -0.1) is 11.3 Å². The van der Waals surface area contributed by atoms with Crippen LogP contribution in [0.1, 0.15) is 56.4 Å². The van der Waals surface area contributed by atoms with Crippen molar-refractivity contribution in [3.63, 3.8) is 0 Å². The third-order valence-electron chi connectivity index (χ3n) is 4.52. The van der Waals surface area contributed by atoms with Crippen molar-refractivity contribution < 1.29 is 4.79 Å². The summed E-state index contributed by atoms with van der Waals surface area (Å²) in [5, 5.41) is 3.99. The fourth-order valence-electron chi connectivity index (χ4n) is 3.29. The second kappa shape index (κ2) is 7.73. The topological polar surface area (TPSA) is 42.0 Å². The Balaban J connectivity index is 1.38. The Morgan fingerprint density at radius 1 is 1.23 bits per heavy atom. The van der Waals surface area contributed by atoms with Crippen LogP contribution in [0.5, 0.6) is 0 Å². The molecule has 22 heavy (non-hydrogen) atoms. The zero-order chi connectivity index (χ0) is 15.2. The number of hydrogen-bond acceptors (Lipinski definition) is 3. The summed E-state index contributed by atoms with van der Waals surface area (Å²) in [4.78, 5) is 16.5. The molecule has 1 heterocycles. The highest BCUT2D eigenvalue weighted by Gasteiger charge is 2.13. The molecule has 1 amide bonds. The molecule has 1 aromatic heterocycles. The summed E-state index contributed by atoms with van der Waals surface area (Å²) >= 11 is 1.66. The second-order valence-electron chi connectivity index (χ2n) is 6.25. The minimum absolute atomic E-state index is 0.162. The first-order chi connectivity index (χ1) is 10.8. The molecular formula is C18H24N2OS. The Kier molecular flexibility index (Phi) is 5.43. The lowest BCUT2D eigenvalue weighted by molar-refractivity contribution is -0.121. The highest BCUT2D eigenvalue weighted by molar-refractivity contribution is 7.18. The number of aromatic nitrogens is 1. The smallest absolute Gasteiger partial charge is 0.220 e. The molecule has 1 aliphatic rings. The number of thiazole rings is 1. The first kappa shape index (κ1) is 15.5. The number of fused-ring (bicyclic) bond motifs is 1. The predicted octanol–water partition coefficient (Wildman–Crippen LogP) is 4.66. The first-order valence-electron chi connectivity index (χ1n) is 8.42. The lowest BCUT2D eigenvalue weighted by Crippen LogP contribution is -2.22. The molecule has 0 unspecified atom stereocenters. The zero-order valence-electron chi connectivity index (χ0n) is 13.0. The summed E-state index contributed by atoms with van der Waals surface area (Å²) in [6.07, 6.45) is 9.80. The molecule has 3 rings (SSSR count). The van der Waals surface area contributed by atoms with E-state index < -0.39 is 0 Å². The van der Waals surface area contributed by atoms with Crippen LogP contribution >= 0.6 is 11.3 Å². The maximum Gasteiger partial charge on any atom is 0.220 e. The van der Waals surface area contributed by atoms with Crippen LogP contribution in [0.15, 0.2) is 24.3 Å². The molecule has 0 saturated heterocycles. The standard InChI is InChI=1S/C18H24N2OS/c21-17(12-6-9-14-7-2-1-3-8-14)19-13-18-20-15-10-4-5-11-16(15)22-18/h4-5,10-11,14H,1-3,6-9,12-13H2,(H,19,21). The van der Waals surface area contributed by atoms with E-state index >= 15 is 0 Å². The maximum atomic E-state index is 11.9. The van der Waals surface area contributed by atoms with E-state index in [9.17, 15) is 4.79 Å². The van der Waals surface area contributed by atoms with Gasteiger partial charge in [-0.25, -0.2) is 4.98 Å². The Labute approximate surface area is 136 Å². The van der Waals surface area contributed by atoms with Crippen LogP contribution in [0.3, 0.4) is 0 Å². The Bertz CT molecular complexity index is 583. The Morgan fingerprint density at radius 3 is 2.86 bits per heavy atom. The molecule has 0 bridgehead atoms. The third-order valence-corrected chi connectivity index (χ3v) is 5.55. The van der Waals surface area contributed by atoms with Crippen LogP contribution in [0.2, 0.25) is 0 Å². The minimum Gasteiger partial charge on any atom is -0.350 e. The highest BCUT2D eigenvalue weighted by Crippen LogP contribution is 2.27. The van der Waals surface area contributed by atoms with Crippen molar-refractivity contribution >= 4 is 27.5 Å². The average Bonchev–Trinajstić information content (AvgIpc) is 2.97. The molecule has 0 spiro atoms. The maximum absolute atomic E-state index is 11.9. The van der Waals surface area contributed by atoms with Crippen LogP contribution in [0.4, 0.5) is 0 Å². The van der Waals surface area contributed by atoms with Crippen LogP contribution < -0.4 is 5.32 Å². The van der Waals surface area contributed by atoms with E-state index in [0.29, 0.717) is 13.0 Å². The summed E-state index contributed by atoms with van der Waals surface area (Å²) in [5.74, 6) is 1.03. The van der Waals surface area contributed by atoms with Gasteiger partial charge >= 0.3 is 0 Å². The molecule has 0 radical (unpaired) electrons. The Hall–Kier alpha value is -1.42. The number of carbonyl (C=O) groups is 1. The van der Waals surface area contributed by atoms with Crippen LogP contribution in [0.25, 0.3) is 10.2 Å². The van der Waals surface area contributed by atoms with Crippen LogP contribution in [-0.4, -0.2) is 10.9 Å². The molecule has 1 fully saturated rings. The fraction of sp³-hybridized carbons (Fsp3) is 0.556. The summed E-state index contributed by atoms with van der Waals surface area (Å²) in [6, 6.07) is 8.10. The van der Waals surface area contributed by atoms with Crippen molar-refractivity contribution in [2.75, 3.05) is 0 Å². The number of nitrogens with one attached hydrogen (secondary N) is 1. The molecule has 3 nitrogen and oxygen atoms in total. The number of amides is 1. The minimum atomic E-state index is 0.162. The van der Waals surface area contributed by atoms with E-state index in [1.54, 1.807) is 11.3 Å². The second-order valence-corrected chi connectivity index (χ2v) is 7.36. The predicted molar refractivity (Wildman–Crippen MR) is 91.9 cm³/mol. The van der Waals surface area contributed by atoms with Crippen molar-refractivity contribution in [2.45, 2.75) is 57.9 Å². The summed E-state index contributed by atoms with van der Waals surface area (Å²) < 4.78 is 1.18. The largest absolute Gasteiger partial charge is 0.350 e. The first-order valence-corrected chi connectivity index (χ1v) is 9.24. The monoisotopic (exact) mass is 316 g/mol. The molecular weight excluding hydrogens is 292 g/mol. The summed E-state index contributed by atoms with van der Waals surface area (Å²) in [6.45, 7) is 0.557. The molecule has 1 saturated carbocycles. The average molecular weight is 316 g/mol. The van der Waals surface area contributed by atoms with E-state index in [2.05, 4.69) is 16.4 Å². The molecule has 0 atom stereocenters. The normalized spacial score (nSPS) is 16.0. The molecule has 4 heteroatoms. The summed E-state index contributed by atoms with van der Waals surface area (Å²) in [5.41, 5.74) is 1.02. The van der Waals surface area contributed by atoms with E-state index in [-0.39, 0.29) is 5.91 Å². The molecule has 118 valence electrons. The number of para-hydroxylation sites is 1. The van der Waals surface area contributed by atoms with Gasteiger partial charge in [0.25, 0.3) is 0 Å².